The van der Waals surface area contributed by atoms with E-state index in [2.05, 4.69) is 66.7 Å². The smallest absolute Gasteiger partial charge is 0.0873 e. The summed E-state index contributed by atoms with van der Waals surface area (Å²) < 4.78 is 0. The predicted octanol–water partition coefficient (Wildman–Crippen LogP) is 4.88. The molecule has 0 heterocycles. The van der Waals surface area contributed by atoms with E-state index >= 15 is 0 Å². The molecule has 128 valence electrons. The van der Waals surface area contributed by atoms with Crippen molar-refractivity contribution in [3.8, 4) is 0 Å². The normalized spacial score (nSPS) is 16.5. The summed E-state index contributed by atoms with van der Waals surface area (Å²) in [5.41, 5.74) is 16.3. The monoisotopic (exact) mass is 338 g/mol. The molecule has 3 aromatic rings. The highest BCUT2D eigenvalue weighted by Crippen LogP contribution is 2.33. The van der Waals surface area contributed by atoms with Gasteiger partial charge in [0.25, 0.3) is 0 Å². The van der Waals surface area contributed by atoms with Crippen molar-refractivity contribution in [2.24, 2.45) is 11.5 Å². The van der Waals surface area contributed by atoms with E-state index in [9.17, 15) is 0 Å². The predicted molar refractivity (Wildman–Crippen MR) is 111 cm³/mol. The van der Waals surface area contributed by atoms with Crippen molar-refractivity contribution in [2.75, 3.05) is 0 Å². The molecule has 0 unspecified atom stereocenters. The highest BCUT2D eigenvalue weighted by molar-refractivity contribution is 5.88. The van der Waals surface area contributed by atoms with Crippen molar-refractivity contribution < 1.29 is 0 Å². The maximum atomic E-state index is 6.22. The number of hydrogen-bond acceptors (Lipinski definition) is 2. The first kappa shape index (κ1) is 16.5. The largest absolute Gasteiger partial charge is 0.310 e. The van der Waals surface area contributed by atoms with Gasteiger partial charge in [-0.25, -0.2) is 0 Å². The van der Waals surface area contributed by atoms with Crippen molar-refractivity contribution in [3.63, 3.8) is 0 Å². The summed E-state index contributed by atoms with van der Waals surface area (Å²) in [6.45, 7) is 0. The number of benzene rings is 3. The molecule has 0 aliphatic heterocycles. The summed E-state index contributed by atoms with van der Waals surface area (Å²) >= 11 is 0. The quantitative estimate of drug-likeness (QED) is 0.669. The van der Waals surface area contributed by atoms with Crippen LogP contribution >= 0.6 is 0 Å². The van der Waals surface area contributed by atoms with Gasteiger partial charge >= 0.3 is 0 Å². The topological polar surface area (TPSA) is 52.0 Å². The van der Waals surface area contributed by atoms with Crippen LogP contribution in [0, 0.1) is 0 Å². The first-order chi connectivity index (χ1) is 12.6. The van der Waals surface area contributed by atoms with E-state index in [0.717, 1.165) is 5.57 Å². The molecule has 26 heavy (non-hydrogen) atoms. The Bertz CT molecular complexity index is 1020. The molecule has 0 amide bonds. The molecule has 2 nitrogen and oxygen atoms in total. The Hall–Kier alpha value is -2.94. The number of rotatable bonds is 3. The number of allylic oxidation sites excluding steroid dienone is 3. The first-order valence-electron chi connectivity index (χ1n) is 8.83. The fourth-order valence-electron chi connectivity index (χ4n) is 3.36. The van der Waals surface area contributed by atoms with Crippen LogP contribution in [0.25, 0.3) is 22.4 Å². The molecule has 0 aromatic heterocycles. The molecule has 4 N–H and O–H groups in total. The van der Waals surface area contributed by atoms with Crippen LogP contribution in [0.3, 0.4) is 0 Å². The van der Waals surface area contributed by atoms with E-state index in [1.54, 1.807) is 0 Å². The summed E-state index contributed by atoms with van der Waals surface area (Å²) in [5, 5.41) is 2.45. The van der Waals surface area contributed by atoms with Crippen LogP contribution < -0.4 is 11.5 Å². The lowest BCUT2D eigenvalue weighted by molar-refractivity contribution is 0.564. The van der Waals surface area contributed by atoms with Crippen molar-refractivity contribution in [1.82, 2.24) is 0 Å². The van der Waals surface area contributed by atoms with E-state index in [-0.39, 0.29) is 0 Å². The van der Waals surface area contributed by atoms with Gasteiger partial charge in [0, 0.05) is 6.42 Å². The van der Waals surface area contributed by atoms with Gasteiger partial charge in [-0.2, -0.15) is 0 Å². The fourth-order valence-corrected chi connectivity index (χ4v) is 3.36. The zero-order valence-electron chi connectivity index (χ0n) is 14.6. The third-order valence-electron chi connectivity index (χ3n) is 4.76. The van der Waals surface area contributed by atoms with Crippen LogP contribution in [-0.2, 0) is 0 Å². The van der Waals surface area contributed by atoms with Gasteiger partial charge in [-0.3, -0.25) is 0 Å². The van der Waals surface area contributed by atoms with Crippen molar-refractivity contribution in [2.45, 2.75) is 12.1 Å². The zero-order valence-corrected chi connectivity index (χ0v) is 14.6. The van der Waals surface area contributed by atoms with Crippen LogP contribution in [0.4, 0.5) is 0 Å². The lowest BCUT2D eigenvalue weighted by Gasteiger charge is -2.27. The fraction of sp³-hybridized carbons (Fsp3) is 0.0833. The third kappa shape index (κ3) is 3.52. The molecule has 1 aliphatic rings. The van der Waals surface area contributed by atoms with Gasteiger partial charge in [-0.05, 0) is 45.2 Å². The molecule has 2 heteroatoms. The highest BCUT2D eigenvalue weighted by Gasteiger charge is 2.23. The summed E-state index contributed by atoms with van der Waals surface area (Å²) in [6, 6.07) is 25.2. The average molecular weight is 338 g/mol. The summed E-state index contributed by atoms with van der Waals surface area (Å²) in [5.74, 6) is 0. The van der Waals surface area contributed by atoms with Crippen molar-refractivity contribution in [1.29, 1.82) is 0 Å². The SMILES string of the molecule is NC1(N)C=CC(C=Cc2ccccc2)=C(c2ccc3ccccc3c2)C1. The third-order valence-corrected chi connectivity index (χ3v) is 4.76. The lowest BCUT2D eigenvalue weighted by atomic mass is 9.85. The second-order valence-corrected chi connectivity index (χ2v) is 6.86. The molecule has 0 saturated heterocycles. The second kappa shape index (κ2) is 6.75. The Morgan fingerprint density at radius 3 is 2.31 bits per heavy atom. The van der Waals surface area contributed by atoms with Crippen LogP contribution in [0.5, 0.6) is 0 Å². The minimum absolute atomic E-state index is 0.607. The van der Waals surface area contributed by atoms with Gasteiger partial charge in [0.1, 0.15) is 0 Å². The first-order valence-corrected chi connectivity index (χ1v) is 8.83. The van der Waals surface area contributed by atoms with Gasteiger partial charge in [-0.1, -0.05) is 85.0 Å². The lowest BCUT2D eigenvalue weighted by Crippen LogP contribution is -2.48. The maximum absolute atomic E-state index is 6.22. The van der Waals surface area contributed by atoms with E-state index in [4.69, 9.17) is 11.5 Å². The van der Waals surface area contributed by atoms with Gasteiger partial charge in [-0.15, -0.1) is 0 Å². The van der Waals surface area contributed by atoms with Crippen LogP contribution in [0.15, 0.2) is 96.6 Å². The van der Waals surface area contributed by atoms with Gasteiger partial charge in [0.15, 0.2) is 0 Å². The molecule has 0 spiro atoms. The van der Waals surface area contributed by atoms with Crippen LogP contribution in [-0.4, -0.2) is 5.66 Å². The second-order valence-electron chi connectivity index (χ2n) is 6.86. The molecule has 4 rings (SSSR count). The standard InChI is InChI=1S/C24H22N2/c25-24(26)15-14-20(11-10-18-6-2-1-3-7-18)23(17-24)22-13-12-19-8-4-5-9-21(19)16-22/h1-16H,17,25-26H2. The Kier molecular flexibility index (Phi) is 4.29. The van der Waals surface area contributed by atoms with E-state index in [1.807, 2.05) is 30.4 Å². The summed E-state index contributed by atoms with van der Waals surface area (Å²) in [6.07, 6.45) is 8.80. The van der Waals surface area contributed by atoms with Crippen LogP contribution in [0.2, 0.25) is 0 Å². The Balaban J connectivity index is 1.79. The molecule has 1 aliphatic carbocycles. The number of nitrogens with two attached hydrogens (primary N) is 2. The Morgan fingerprint density at radius 1 is 0.769 bits per heavy atom. The van der Waals surface area contributed by atoms with Gasteiger partial charge in [0.2, 0.25) is 0 Å². The Morgan fingerprint density at radius 2 is 1.50 bits per heavy atom. The molecular weight excluding hydrogens is 316 g/mol. The molecule has 0 saturated carbocycles. The Labute approximate surface area is 154 Å². The molecule has 0 radical (unpaired) electrons. The molecular formula is C24H22N2. The highest BCUT2D eigenvalue weighted by atomic mass is 14.9. The van der Waals surface area contributed by atoms with Gasteiger partial charge < -0.3 is 11.5 Å². The van der Waals surface area contributed by atoms with E-state index < -0.39 is 5.66 Å². The zero-order chi connectivity index (χ0) is 18.0. The molecule has 3 aromatic carbocycles. The summed E-state index contributed by atoms with van der Waals surface area (Å²) in [7, 11) is 0. The summed E-state index contributed by atoms with van der Waals surface area (Å²) in [4.78, 5) is 0. The molecule has 0 fully saturated rings. The number of hydrogen-bond donors (Lipinski definition) is 2. The maximum Gasteiger partial charge on any atom is 0.0873 e. The molecule has 0 bridgehead atoms. The average Bonchev–Trinajstić information content (AvgIpc) is 2.67. The van der Waals surface area contributed by atoms with E-state index in [0.29, 0.717) is 6.42 Å². The van der Waals surface area contributed by atoms with E-state index in [1.165, 1.54) is 27.5 Å². The van der Waals surface area contributed by atoms with Gasteiger partial charge in [0.05, 0.1) is 5.66 Å². The van der Waals surface area contributed by atoms with Crippen LogP contribution in [0.1, 0.15) is 17.5 Å². The van der Waals surface area contributed by atoms with Crippen molar-refractivity contribution in [3.05, 3.63) is 108 Å². The molecule has 0 atom stereocenters. The minimum Gasteiger partial charge on any atom is -0.310 e. The minimum atomic E-state index is -0.814. The number of fused-ring (bicyclic) bond motifs is 1. The van der Waals surface area contributed by atoms with Crippen molar-refractivity contribution >= 4 is 22.4 Å².